The Balaban J connectivity index is 1.63. The van der Waals surface area contributed by atoms with Crippen LogP contribution in [0.4, 0.5) is 0 Å². The molecule has 1 aromatic rings. The van der Waals surface area contributed by atoms with Crippen LogP contribution in [0, 0.1) is 0 Å². The van der Waals surface area contributed by atoms with E-state index in [2.05, 4.69) is 17.1 Å². The van der Waals surface area contributed by atoms with Crippen molar-refractivity contribution in [3.8, 4) is 5.75 Å². The summed E-state index contributed by atoms with van der Waals surface area (Å²) in [6.07, 6.45) is 4.09. The summed E-state index contributed by atoms with van der Waals surface area (Å²) in [6, 6.07) is 7.78. The molecule has 2 heterocycles. The molecule has 30 heavy (non-hydrogen) atoms. The number of ether oxygens (including phenoxy) is 1. The van der Waals surface area contributed by atoms with Crippen molar-refractivity contribution in [3.63, 3.8) is 0 Å². The number of carbonyl (C=O) groups excluding carboxylic acids is 2. The maximum Gasteiger partial charge on any atom is 0.253 e. The molecule has 7 nitrogen and oxygen atoms in total. The quantitative estimate of drug-likeness (QED) is 0.701. The molecule has 0 bridgehead atoms. The molecule has 1 atom stereocenters. The minimum atomic E-state index is -0.0181. The van der Waals surface area contributed by atoms with Gasteiger partial charge in [-0.25, -0.2) is 0 Å². The number of carbonyl (C=O) groups is 2. The van der Waals surface area contributed by atoms with E-state index in [9.17, 15) is 9.59 Å². The van der Waals surface area contributed by atoms with Gasteiger partial charge >= 0.3 is 0 Å². The Morgan fingerprint density at radius 3 is 2.50 bits per heavy atom. The number of nitrogens with zero attached hydrogens (tertiary/aromatic N) is 3. The number of nitrogens with one attached hydrogen (secondary N) is 1. The van der Waals surface area contributed by atoms with Crippen LogP contribution in [0.1, 0.15) is 43.0 Å². The van der Waals surface area contributed by atoms with Crippen LogP contribution in [0.25, 0.3) is 0 Å². The van der Waals surface area contributed by atoms with E-state index in [1.54, 1.807) is 19.2 Å². The SMILES string of the molecule is COc1ccc(C(=O)N(CCC(=O)N2CCNCC2)CCN2CCCCC2C)cc1. The largest absolute Gasteiger partial charge is 0.497 e. The van der Waals surface area contributed by atoms with Crippen molar-refractivity contribution in [2.75, 3.05) is 59.5 Å². The van der Waals surface area contributed by atoms with Gasteiger partial charge in [0.1, 0.15) is 5.75 Å². The van der Waals surface area contributed by atoms with Gasteiger partial charge in [-0.15, -0.1) is 0 Å². The zero-order valence-corrected chi connectivity index (χ0v) is 18.4. The van der Waals surface area contributed by atoms with E-state index >= 15 is 0 Å². The summed E-state index contributed by atoms with van der Waals surface area (Å²) in [5, 5.41) is 3.27. The zero-order chi connectivity index (χ0) is 21.3. The van der Waals surface area contributed by atoms with E-state index in [-0.39, 0.29) is 11.8 Å². The van der Waals surface area contributed by atoms with Crippen LogP contribution in [0.3, 0.4) is 0 Å². The average molecular weight is 417 g/mol. The standard InChI is InChI=1S/C23H36N4O3/c1-19-5-3-4-13-25(19)17-18-27(14-10-22(28)26-15-11-24-12-16-26)23(29)20-6-8-21(30-2)9-7-20/h6-9,19,24H,3-5,10-18H2,1-2H3. The van der Waals surface area contributed by atoms with E-state index in [0.29, 0.717) is 31.1 Å². The molecule has 1 N–H and O–H groups in total. The molecule has 2 aliphatic rings. The molecule has 0 saturated carbocycles. The van der Waals surface area contributed by atoms with Gasteiger partial charge in [-0.1, -0.05) is 6.42 Å². The van der Waals surface area contributed by atoms with Gasteiger partial charge in [-0.3, -0.25) is 14.5 Å². The summed E-state index contributed by atoms with van der Waals surface area (Å²) < 4.78 is 5.21. The highest BCUT2D eigenvalue weighted by molar-refractivity contribution is 5.94. The molecule has 2 saturated heterocycles. The van der Waals surface area contributed by atoms with Gasteiger partial charge in [0.25, 0.3) is 5.91 Å². The molecule has 0 radical (unpaired) electrons. The third-order valence-corrected chi connectivity index (χ3v) is 6.29. The maximum absolute atomic E-state index is 13.2. The Labute approximate surface area is 180 Å². The molecular weight excluding hydrogens is 380 g/mol. The fourth-order valence-electron chi connectivity index (χ4n) is 4.27. The van der Waals surface area contributed by atoms with Crippen LogP contribution in [0.5, 0.6) is 5.75 Å². The Bertz CT molecular complexity index is 688. The lowest BCUT2D eigenvalue weighted by atomic mass is 10.0. The van der Waals surface area contributed by atoms with Crippen LogP contribution in [-0.4, -0.2) is 92.0 Å². The summed E-state index contributed by atoms with van der Waals surface area (Å²) in [5.74, 6) is 0.847. The van der Waals surface area contributed by atoms with E-state index < -0.39 is 0 Å². The zero-order valence-electron chi connectivity index (χ0n) is 18.4. The average Bonchev–Trinajstić information content (AvgIpc) is 2.80. The molecule has 2 aliphatic heterocycles. The highest BCUT2D eigenvalue weighted by Gasteiger charge is 2.23. The molecule has 0 aliphatic carbocycles. The predicted octanol–water partition coefficient (Wildman–Crippen LogP) is 1.83. The van der Waals surface area contributed by atoms with Crippen molar-refractivity contribution >= 4 is 11.8 Å². The first-order valence-electron chi connectivity index (χ1n) is 11.2. The fourth-order valence-corrected chi connectivity index (χ4v) is 4.27. The Morgan fingerprint density at radius 2 is 1.83 bits per heavy atom. The Morgan fingerprint density at radius 1 is 1.10 bits per heavy atom. The van der Waals surface area contributed by atoms with Gasteiger partial charge in [0, 0.05) is 63.8 Å². The van der Waals surface area contributed by atoms with Crippen molar-refractivity contribution in [3.05, 3.63) is 29.8 Å². The van der Waals surface area contributed by atoms with E-state index in [4.69, 9.17) is 4.74 Å². The fraction of sp³-hybridized carbons (Fsp3) is 0.652. The minimum Gasteiger partial charge on any atom is -0.497 e. The summed E-state index contributed by atoms with van der Waals surface area (Å²) in [7, 11) is 1.62. The number of piperazine rings is 1. The molecule has 2 amide bonds. The molecule has 7 heteroatoms. The molecular formula is C23H36N4O3. The number of likely N-dealkylation sites (tertiary alicyclic amines) is 1. The van der Waals surface area contributed by atoms with Gasteiger partial charge in [-0.05, 0) is 50.6 Å². The lowest BCUT2D eigenvalue weighted by Gasteiger charge is -2.35. The molecule has 0 aromatic heterocycles. The van der Waals surface area contributed by atoms with E-state index in [0.717, 1.165) is 45.0 Å². The smallest absolute Gasteiger partial charge is 0.253 e. The first kappa shape index (κ1) is 22.6. The third kappa shape index (κ3) is 6.19. The summed E-state index contributed by atoms with van der Waals surface area (Å²) in [4.78, 5) is 32.1. The van der Waals surface area contributed by atoms with Crippen LogP contribution < -0.4 is 10.1 Å². The number of amides is 2. The molecule has 0 spiro atoms. The number of rotatable bonds is 8. The van der Waals surface area contributed by atoms with Crippen LogP contribution >= 0.6 is 0 Å². The summed E-state index contributed by atoms with van der Waals surface area (Å²) in [6.45, 7) is 8.48. The second-order valence-corrected chi connectivity index (χ2v) is 8.28. The highest BCUT2D eigenvalue weighted by Crippen LogP contribution is 2.17. The third-order valence-electron chi connectivity index (χ3n) is 6.29. The van der Waals surface area contributed by atoms with Gasteiger partial charge in [-0.2, -0.15) is 0 Å². The second kappa shape index (κ2) is 11.3. The molecule has 1 aromatic carbocycles. The number of piperidine rings is 1. The monoisotopic (exact) mass is 416 g/mol. The Kier molecular flexibility index (Phi) is 8.51. The van der Waals surface area contributed by atoms with Gasteiger partial charge < -0.3 is 19.9 Å². The van der Waals surface area contributed by atoms with E-state index in [1.807, 2.05) is 21.9 Å². The highest BCUT2D eigenvalue weighted by atomic mass is 16.5. The number of hydrogen-bond acceptors (Lipinski definition) is 5. The first-order valence-corrected chi connectivity index (χ1v) is 11.2. The van der Waals surface area contributed by atoms with Crippen molar-refractivity contribution in [2.24, 2.45) is 0 Å². The van der Waals surface area contributed by atoms with Gasteiger partial charge in [0.05, 0.1) is 7.11 Å². The van der Waals surface area contributed by atoms with Crippen molar-refractivity contribution in [1.29, 1.82) is 0 Å². The maximum atomic E-state index is 13.2. The number of methoxy groups -OCH3 is 1. The predicted molar refractivity (Wildman–Crippen MR) is 118 cm³/mol. The first-order chi connectivity index (χ1) is 14.6. The second-order valence-electron chi connectivity index (χ2n) is 8.28. The van der Waals surface area contributed by atoms with Crippen molar-refractivity contribution < 1.29 is 14.3 Å². The lowest BCUT2D eigenvalue weighted by molar-refractivity contribution is -0.131. The van der Waals surface area contributed by atoms with Crippen molar-refractivity contribution in [1.82, 2.24) is 20.0 Å². The number of hydrogen-bond donors (Lipinski definition) is 1. The van der Waals surface area contributed by atoms with Crippen molar-refractivity contribution in [2.45, 2.75) is 38.6 Å². The summed E-state index contributed by atoms with van der Waals surface area (Å²) in [5.41, 5.74) is 0.636. The molecule has 2 fully saturated rings. The van der Waals surface area contributed by atoms with Gasteiger partial charge in [0.15, 0.2) is 0 Å². The molecule has 1 unspecified atom stereocenters. The molecule has 166 valence electrons. The topological polar surface area (TPSA) is 65.1 Å². The van der Waals surface area contributed by atoms with Crippen LogP contribution in [-0.2, 0) is 4.79 Å². The summed E-state index contributed by atoms with van der Waals surface area (Å²) >= 11 is 0. The van der Waals surface area contributed by atoms with Gasteiger partial charge in [0.2, 0.25) is 5.91 Å². The molecule has 3 rings (SSSR count). The number of benzene rings is 1. The minimum absolute atomic E-state index is 0.0181. The lowest BCUT2D eigenvalue weighted by Crippen LogP contribution is -2.48. The van der Waals surface area contributed by atoms with Crippen LogP contribution in [0.15, 0.2) is 24.3 Å². The normalized spacial score (nSPS) is 20.1. The van der Waals surface area contributed by atoms with E-state index in [1.165, 1.54) is 19.3 Å². The van der Waals surface area contributed by atoms with Crippen LogP contribution in [0.2, 0.25) is 0 Å². The Hall–Kier alpha value is -2.12.